The van der Waals surface area contributed by atoms with Crippen molar-refractivity contribution in [2.45, 2.75) is 20.4 Å². The van der Waals surface area contributed by atoms with Gasteiger partial charge in [0, 0.05) is 25.3 Å². The molecule has 5 heteroatoms. The van der Waals surface area contributed by atoms with E-state index in [4.69, 9.17) is 15.7 Å². The zero-order valence-corrected chi connectivity index (χ0v) is 10.9. The third-order valence-electron chi connectivity index (χ3n) is 2.69. The van der Waals surface area contributed by atoms with Gasteiger partial charge in [-0.05, 0) is 31.0 Å². The molecule has 0 atom stereocenters. The first-order valence-electron chi connectivity index (χ1n) is 6.05. The van der Waals surface area contributed by atoms with Gasteiger partial charge >= 0.3 is 0 Å². The summed E-state index contributed by atoms with van der Waals surface area (Å²) in [4.78, 5) is 0. The number of hydrogen-bond acceptors (Lipinski definition) is 4. The quantitative estimate of drug-likeness (QED) is 0.224. The lowest BCUT2D eigenvalue weighted by Gasteiger charge is -2.09. The summed E-state index contributed by atoms with van der Waals surface area (Å²) in [6.45, 7) is 7.07. The van der Waals surface area contributed by atoms with E-state index < -0.39 is 0 Å². The molecule has 0 heterocycles. The molecule has 0 unspecified atom stereocenters. The van der Waals surface area contributed by atoms with Gasteiger partial charge in [0.1, 0.15) is 0 Å². The minimum Gasteiger partial charge on any atom is -0.409 e. The van der Waals surface area contributed by atoms with Crippen LogP contribution in [0, 0.1) is 6.92 Å². The second-order valence-corrected chi connectivity index (χ2v) is 4.00. The van der Waals surface area contributed by atoms with Crippen LogP contribution in [0.2, 0.25) is 0 Å². The minimum atomic E-state index is 0.133. The summed E-state index contributed by atoms with van der Waals surface area (Å²) in [5.41, 5.74) is 8.58. The van der Waals surface area contributed by atoms with Crippen molar-refractivity contribution in [3.8, 4) is 0 Å². The van der Waals surface area contributed by atoms with Gasteiger partial charge in [0.25, 0.3) is 0 Å². The Kier molecular flexibility index (Phi) is 6.18. The maximum absolute atomic E-state index is 8.61. The Morgan fingerprint density at radius 1 is 1.50 bits per heavy atom. The summed E-state index contributed by atoms with van der Waals surface area (Å²) in [7, 11) is 0. The first-order chi connectivity index (χ1) is 8.69. The van der Waals surface area contributed by atoms with Crippen LogP contribution in [0.5, 0.6) is 0 Å². The van der Waals surface area contributed by atoms with Crippen molar-refractivity contribution in [3.63, 3.8) is 0 Å². The molecule has 0 fully saturated rings. The van der Waals surface area contributed by atoms with Crippen molar-refractivity contribution in [1.29, 1.82) is 0 Å². The van der Waals surface area contributed by atoms with Gasteiger partial charge in [-0.2, -0.15) is 0 Å². The number of aryl methyl sites for hydroxylation is 1. The maximum Gasteiger partial charge on any atom is 0.170 e. The van der Waals surface area contributed by atoms with Crippen molar-refractivity contribution >= 4 is 5.84 Å². The molecule has 5 nitrogen and oxygen atoms in total. The van der Waals surface area contributed by atoms with Crippen LogP contribution in [0.4, 0.5) is 0 Å². The summed E-state index contributed by atoms with van der Waals surface area (Å²) >= 11 is 0. The predicted octanol–water partition coefficient (Wildman–Crippen LogP) is 1.22. The average molecular weight is 251 g/mol. The molecule has 0 aliphatic rings. The Bertz CT molecular complexity index is 405. The Balaban J connectivity index is 2.52. The molecule has 0 saturated carbocycles. The smallest absolute Gasteiger partial charge is 0.170 e. The van der Waals surface area contributed by atoms with E-state index in [1.807, 2.05) is 32.0 Å². The van der Waals surface area contributed by atoms with Crippen molar-refractivity contribution < 1.29 is 9.94 Å². The Hall–Kier alpha value is -1.59. The number of rotatable bonds is 7. The number of amidine groups is 1. The Labute approximate surface area is 108 Å². The number of benzene rings is 1. The number of nitrogens with zero attached hydrogens (tertiary/aromatic N) is 1. The van der Waals surface area contributed by atoms with Crippen LogP contribution < -0.4 is 11.1 Å². The maximum atomic E-state index is 8.61. The third-order valence-corrected chi connectivity index (χ3v) is 2.69. The second kappa shape index (κ2) is 7.68. The van der Waals surface area contributed by atoms with E-state index in [0.29, 0.717) is 0 Å². The van der Waals surface area contributed by atoms with Crippen LogP contribution in [0.3, 0.4) is 0 Å². The highest BCUT2D eigenvalue weighted by molar-refractivity contribution is 5.97. The zero-order valence-electron chi connectivity index (χ0n) is 10.9. The SMILES string of the molecule is CCOCCNCc1ccc(/C(N)=N/O)cc1C. The normalized spacial score (nSPS) is 11.8. The summed E-state index contributed by atoms with van der Waals surface area (Å²) in [6.07, 6.45) is 0. The van der Waals surface area contributed by atoms with Crippen LogP contribution >= 0.6 is 0 Å². The number of ether oxygens (including phenoxy) is 1. The minimum absolute atomic E-state index is 0.133. The molecule has 1 aromatic carbocycles. The molecule has 0 amide bonds. The summed E-state index contributed by atoms with van der Waals surface area (Å²) in [5, 5.41) is 14.9. The van der Waals surface area contributed by atoms with Gasteiger partial charge in [0.15, 0.2) is 5.84 Å². The molecule has 0 spiro atoms. The van der Waals surface area contributed by atoms with Gasteiger partial charge < -0.3 is 21.0 Å². The van der Waals surface area contributed by atoms with Crippen molar-refractivity contribution in [2.24, 2.45) is 10.9 Å². The number of nitrogens with two attached hydrogens (primary N) is 1. The molecule has 1 aromatic rings. The molecule has 100 valence electrons. The summed E-state index contributed by atoms with van der Waals surface area (Å²) in [5.74, 6) is 0.133. The van der Waals surface area contributed by atoms with Crippen molar-refractivity contribution in [3.05, 3.63) is 34.9 Å². The van der Waals surface area contributed by atoms with E-state index in [1.165, 1.54) is 5.56 Å². The fourth-order valence-corrected chi connectivity index (χ4v) is 1.62. The van der Waals surface area contributed by atoms with Crippen LogP contribution in [0.1, 0.15) is 23.6 Å². The Morgan fingerprint density at radius 3 is 2.89 bits per heavy atom. The molecule has 0 radical (unpaired) electrons. The van der Waals surface area contributed by atoms with Crippen LogP contribution in [0.15, 0.2) is 23.4 Å². The first kappa shape index (κ1) is 14.5. The molecule has 0 aromatic heterocycles. The largest absolute Gasteiger partial charge is 0.409 e. The fourth-order valence-electron chi connectivity index (χ4n) is 1.62. The average Bonchev–Trinajstić information content (AvgIpc) is 2.39. The van der Waals surface area contributed by atoms with Gasteiger partial charge in [-0.3, -0.25) is 0 Å². The van der Waals surface area contributed by atoms with Gasteiger partial charge in [-0.1, -0.05) is 17.3 Å². The molecule has 1 rings (SSSR count). The van der Waals surface area contributed by atoms with Gasteiger partial charge in [0.2, 0.25) is 0 Å². The van der Waals surface area contributed by atoms with Gasteiger partial charge in [-0.15, -0.1) is 0 Å². The highest BCUT2D eigenvalue weighted by atomic mass is 16.5. The monoisotopic (exact) mass is 251 g/mol. The lowest BCUT2D eigenvalue weighted by molar-refractivity contribution is 0.149. The van der Waals surface area contributed by atoms with E-state index in [1.54, 1.807) is 0 Å². The molecule has 0 saturated heterocycles. The van der Waals surface area contributed by atoms with Crippen LogP contribution in [0.25, 0.3) is 0 Å². The first-order valence-corrected chi connectivity index (χ1v) is 6.05. The molecule has 0 aliphatic heterocycles. The number of oxime groups is 1. The molecule has 0 bridgehead atoms. The van der Waals surface area contributed by atoms with E-state index >= 15 is 0 Å². The standard InChI is InChI=1S/C13H21N3O2/c1-3-18-7-6-15-9-12-5-4-11(8-10(12)2)13(14)16-17/h4-5,8,15,17H,3,6-7,9H2,1-2H3,(H2,14,16). The van der Waals surface area contributed by atoms with Crippen LogP contribution in [-0.4, -0.2) is 30.8 Å². The van der Waals surface area contributed by atoms with Crippen molar-refractivity contribution in [1.82, 2.24) is 5.32 Å². The summed E-state index contributed by atoms with van der Waals surface area (Å²) in [6, 6.07) is 5.74. The van der Waals surface area contributed by atoms with E-state index in [-0.39, 0.29) is 5.84 Å². The lowest BCUT2D eigenvalue weighted by atomic mass is 10.0. The second-order valence-electron chi connectivity index (χ2n) is 4.00. The molecular weight excluding hydrogens is 230 g/mol. The number of hydrogen-bond donors (Lipinski definition) is 3. The molecular formula is C13H21N3O2. The van der Waals surface area contributed by atoms with Crippen molar-refractivity contribution in [2.75, 3.05) is 19.8 Å². The third kappa shape index (κ3) is 4.35. The highest BCUT2D eigenvalue weighted by Crippen LogP contribution is 2.10. The van der Waals surface area contributed by atoms with E-state index in [0.717, 1.165) is 37.4 Å². The van der Waals surface area contributed by atoms with Gasteiger partial charge in [-0.25, -0.2) is 0 Å². The van der Waals surface area contributed by atoms with Crippen LogP contribution in [-0.2, 0) is 11.3 Å². The molecule has 4 N–H and O–H groups in total. The molecule has 18 heavy (non-hydrogen) atoms. The number of nitrogens with one attached hydrogen (secondary N) is 1. The lowest BCUT2D eigenvalue weighted by Crippen LogP contribution is -2.20. The highest BCUT2D eigenvalue weighted by Gasteiger charge is 2.03. The van der Waals surface area contributed by atoms with Gasteiger partial charge in [0.05, 0.1) is 6.61 Å². The Morgan fingerprint density at radius 2 is 2.28 bits per heavy atom. The predicted molar refractivity (Wildman–Crippen MR) is 71.9 cm³/mol. The fraction of sp³-hybridized carbons (Fsp3) is 0.462. The summed E-state index contributed by atoms with van der Waals surface area (Å²) < 4.78 is 5.24. The van der Waals surface area contributed by atoms with E-state index in [2.05, 4.69) is 10.5 Å². The van der Waals surface area contributed by atoms with E-state index in [9.17, 15) is 0 Å². The molecule has 0 aliphatic carbocycles. The zero-order chi connectivity index (χ0) is 13.4. The topological polar surface area (TPSA) is 79.9 Å².